The SMILES string of the molecule is CCC(CC)(C(N)c1ccnn1C)N1CCCC1. The lowest BCUT2D eigenvalue weighted by molar-refractivity contribution is 0.0738. The predicted molar refractivity (Wildman–Crippen MR) is 74.3 cm³/mol. The van der Waals surface area contributed by atoms with Crippen LogP contribution in [0.1, 0.15) is 51.3 Å². The van der Waals surface area contributed by atoms with Gasteiger partial charge in [-0.05, 0) is 44.8 Å². The van der Waals surface area contributed by atoms with Crippen molar-refractivity contribution >= 4 is 0 Å². The molecule has 1 fully saturated rings. The van der Waals surface area contributed by atoms with E-state index < -0.39 is 0 Å². The Morgan fingerprint density at radius 3 is 2.39 bits per heavy atom. The molecule has 1 aliphatic rings. The van der Waals surface area contributed by atoms with Crippen molar-refractivity contribution in [2.75, 3.05) is 13.1 Å². The molecule has 0 bridgehead atoms. The summed E-state index contributed by atoms with van der Waals surface area (Å²) in [5.74, 6) is 0. The highest BCUT2D eigenvalue weighted by atomic mass is 15.3. The Morgan fingerprint density at radius 2 is 1.94 bits per heavy atom. The maximum atomic E-state index is 6.62. The van der Waals surface area contributed by atoms with Gasteiger partial charge in [0.05, 0.1) is 11.7 Å². The van der Waals surface area contributed by atoms with Crippen molar-refractivity contribution in [3.05, 3.63) is 18.0 Å². The van der Waals surface area contributed by atoms with E-state index in [0.717, 1.165) is 18.5 Å². The normalized spacial score (nSPS) is 19.3. The minimum atomic E-state index is 0.0399. The first-order valence-corrected chi connectivity index (χ1v) is 7.14. The number of hydrogen-bond donors (Lipinski definition) is 1. The molecule has 1 unspecified atom stereocenters. The Bertz CT molecular complexity index is 375. The number of aromatic nitrogens is 2. The van der Waals surface area contributed by atoms with Gasteiger partial charge in [0.1, 0.15) is 0 Å². The van der Waals surface area contributed by atoms with Crippen LogP contribution in [-0.2, 0) is 7.05 Å². The molecule has 2 rings (SSSR count). The minimum Gasteiger partial charge on any atom is -0.321 e. The molecule has 1 aromatic rings. The first-order chi connectivity index (χ1) is 8.65. The Labute approximate surface area is 110 Å². The van der Waals surface area contributed by atoms with Gasteiger partial charge in [-0.1, -0.05) is 13.8 Å². The smallest absolute Gasteiger partial charge is 0.0653 e. The summed E-state index contributed by atoms with van der Waals surface area (Å²) in [4.78, 5) is 2.60. The van der Waals surface area contributed by atoms with E-state index in [4.69, 9.17) is 5.73 Å². The van der Waals surface area contributed by atoms with E-state index in [1.165, 1.54) is 25.9 Å². The zero-order valence-electron chi connectivity index (χ0n) is 11.9. The van der Waals surface area contributed by atoms with Crippen LogP contribution in [0.25, 0.3) is 0 Å². The first kappa shape index (κ1) is 13.6. The second-order valence-electron chi connectivity index (χ2n) is 5.36. The van der Waals surface area contributed by atoms with Gasteiger partial charge in [-0.3, -0.25) is 9.58 Å². The van der Waals surface area contributed by atoms with Crippen molar-refractivity contribution < 1.29 is 0 Å². The van der Waals surface area contributed by atoms with E-state index in [0.29, 0.717) is 0 Å². The lowest BCUT2D eigenvalue weighted by atomic mass is 9.81. The molecule has 0 aromatic carbocycles. The number of nitrogens with two attached hydrogens (primary N) is 1. The van der Waals surface area contributed by atoms with E-state index >= 15 is 0 Å². The fourth-order valence-corrected chi connectivity index (χ4v) is 3.46. The molecule has 18 heavy (non-hydrogen) atoms. The summed E-state index contributed by atoms with van der Waals surface area (Å²) in [6.07, 6.45) is 6.64. The van der Waals surface area contributed by atoms with Gasteiger partial charge in [0.15, 0.2) is 0 Å². The van der Waals surface area contributed by atoms with E-state index in [1.807, 2.05) is 17.9 Å². The summed E-state index contributed by atoms with van der Waals surface area (Å²) >= 11 is 0. The number of aryl methyl sites for hydroxylation is 1. The van der Waals surface area contributed by atoms with Crippen molar-refractivity contribution in [2.24, 2.45) is 12.8 Å². The number of nitrogens with zero attached hydrogens (tertiary/aromatic N) is 3. The molecule has 2 heterocycles. The zero-order chi connectivity index (χ0) is 13.2. The molecule has 1 aromatic heterocycles. The van der Waals surface area contributed by atoms with Gasteiger partial charge in [0, 0.05) is 18.8 Å². The average molecular weight is 250 g/mol. The van der Waals surface area contributed by atoms with Crippen LogP contribution < -0.4 is 5.73 Å². The van der Waals surface area contributed by atoms with Crippen LogP contribution in [-0.4, -0.2) is 33.3 Å². The molecule has 0 saturated carbocycles. The summed E-state index contributed by atoms with van der Waals surface area (Å²) in [5.41, 5.74) is 7.85. The zero-order valence-corrected chi connectivity index (χ0v) is 11.9. The molecule has 4 nitrogen and oxygen atoms in total. The molecule has 1 aliphatic heterocycles. The van der Waals surface area contributed by atoms with Crippen molar-refractivity contribution in [3.8, 4) is 0 Å². The summed E-state index contributed by atoms with van der Waals surface area (Å²) in [5, 5.41) is 4.26. The molecule has 102 valence electrons. The minimum absolute atomic E-state index is 0.0399. The van der Waals surface area contributed by atoms with Gasteiger partial charge in [-0.15, -0.1) is 0 Å². The van der Waals surface area contributed by atoms with Crippen LogP contribution >= 0.6 is 0 Å². The molecule has 1 atom stereocenters. The van der Waals surface area contributed by atoms with Crippen molar-refractivity contribution in [1.82, 2.24) is 14.7 Å². The third-order valence-corrected chi connectivity index (χ3v) is 4.72. The van der Waals surface area contributed by atoms with Crippen LogP contribution in [0.5, 0.6) is 0 Å². The third-order valence-electron chi connectivity index (χ3n) is 4.72. The second-order valence-corrected chi connectivity index (χ2v) is 5.36. The van der Waals surface area contributed by atoms with Crippen molar-refractivity contribution in [2.45, 2.75) is 51.1 Å². The maximum absolute atomic E-state index is 6.62. The number of likely N-dealkylation sites (tertiary alicyclic amines) is 1. The fourth-order valence-electron chi connectivity index (χ4n) is 3.46. The fraction of sp³-hybridized carbons (Fsp3) is 0.786. The third kappa shape index (κ3) is 2.08. The summed E-state index contributed by atoms with van der Waals surface area (Å²) in [6.45, 7) is 6.90. The lowest BCUT2D eigenvalue weighted by Crippen LogP contribution is -2.54. The van der Waals surface area contributed by atoms with Crippen molar-refractivity contribution in [1.29, 1.82) is 0 Å². The van der Waals surface area contributed by atoms with Gasteiger partial charge in [0.2, 0.25) is 0 Å². The van der Waals surface area contributed by atoms with Gasteiger partial charge in [-0.2, -0.15) is 5.10 Å². The summed E-state index contributed by atoms with van der Waals surface area (Å²) in [7, 11) is 1.98. The predicted octanol–water partition coefficient (Wildman–Crippen LogP) is 2.07. The maximum Gasteiger partial charge on any atom is 0.0653 e. The lowest BCUT2D eigenvalue weighted by Gasteiger charge is -2.45. The molecule has 0 amide bonds. The number of hydrogen-bond acceptors (Lipinski definition) is 3. The Hall–Kier alpha value is -0.870. The quantitative estimate of drug-likeness (QED) is 0.870. The molecule has 0 spiro atoms. The first-order valence-electron chi connectivity index (χ1n) is 7.14. The molecular formula is C14H26N4. The van der Waals surface area contributed by atoms with Gasteiger partial charge < -0.3 is 5.73 Å². The highest BCUT2D eigenvalue weighted by Crippen LogP contribution is 2.37. The Morgan fingerprint density at radius 1 is 1.33 bits per heavy atom. The van der Waals surface area contributed by atoms with E-state index in [-0.39, 0.29) is 11.6 Å². The highest BCUT2D eigenvalue weighted by Gasteiger charge is 2.41. The second kappa shape index (κ2) is 5.41. The number of rotatable bonds is 5. The van der Waals surface area contributed by atoms with Crippen LogP contribution in [0.2, 0.25) is 0 Å². The molecule has 0 aliphatic carbocycles. The largest absolute Gasteiger partial charge is 0.321 e. The van der Waals surface area contributed by atoms with Crippen LogP contribution in [0.15, 0.2) is 12.3 Å². The van der Waals surface area contributed by atoms with Gasteiger partial charge >= 0.3 is 0 Å². The van der Waals surface area contributed by atoms with Gasteiger partial charge in [0.25, 0.3) is 0 Å². The average Bonchev–Trinajstić information content (AvgIpc) is 3.02. The Kier molecular flexibility index (Phi) is 4.07. The topological polar surface area (TPSA) is 47.1 Å². The monoisotopic (exact) mass is 250 g/mol. The molecule has 1 saturated heterocycles. The van der Waals surface area contributed by atoms with E-state index in [1.54, 1.807) is 0 Å². The van der Waals surface area contributed by atoms with E-state index in [9.17, 15) is 0 Å². The van der Waals surface area contributed by atoms with Gasteiger partial charge in [-0.25, -0.2) is 0 Å². The van der Waals surface area contributed by atoms with Crippen molar-refractivity contribution in [3.63, 3.8) is 0 Å². The molecule has 4 heteroatoms. The standard InChI is InChI=1S/C14H26N4/c1-4-14(5-2,18-10-6-7-11-18)13(15)12-8-9-16-17(12)3/h8-9,13H,4-7,10-11,15H2,1-3H3. The summed E-state index contributed by atoms with van der Waals surface area (Å²) < 4.78 is 1.92. The van der Waals surface area contributed by atoms with E-state index in [2.05, 4.69) is 29.9 Å². The highest BCUT2D eigenvalue weighted by molar-refractivity contribution is 5.15. The van der Waals surface area contributed by atoms with Crippen LogP contribution in [0.4, 0.5) is 0 Å². The van der Waals surface area contributed by atoms with Crippen LogP contribution in [0, 0.1) is 0 Å². The molecule has 2 N–H and O–H groups in total. The van der Waals surface area contributed by atoms with Crippen LogP contribution in [0.3, 0.4) is 0 Å². The molecule has 0 radical (unpaired) electrons. The molecular weight excluding hydrogens is 224 g/mol. The summed E-state index contributed by atoms with van der Waals surface area (Å²) in [6, 6.07) is 2.10. The Balaban J connectivity index is 2.31.